The first-order valence-corrected chi connectivity index (χ1v) is 14.4. The quantitative estimate of drug-likeness (QED) is 0.200. The van der Waals surface area contributed by atoms with Crippen LogP contribution in [0.25, 0.3) is 0 Å². The summed E-state index contributed by atoms with van der Waals surface area (Å²) in [5.41, 5.74) is 9.79. The van der Waals surface area contributed by atoms with Crippen LogP contribution in [0.2, 0.25) is 0 Å². The Hall–Kier alpha value is -2.68. The van der Waals surface area contributed by atoms with Crippen LogP contribution >= 0.6 is 0 Å². The van der Waals surface area contributed by atoms with Gasteiger partial charge in [0.25, 0.3) is 0 Å². The van der Waals surface area contributed by atoms with Crippen molar-refractivity contribution < 1.29 is 14.7 Å². The van der Waals surface area contributed by atoms with Crippen LogP contribution < -0.4 is 0 Å². The lowest BCUT2D eigenvalue weighted by atomic mass is 9.64. The third-order valence-electron chi connectivity index (χ3n) is 7.74. The van der Waals surface area contributed by atoms with Crippen LogP contribution in [-0.2, 0) is 9.59 Å². The number of allylic oxidation sites excluding steroid dienone is 14. The van der Waals surface area contributed by atoms with E-state index in [4.69, 9.17) is 0 Å². The molecule has 0 aliphatic heterocycles. The van der Waals surface area contributed by atoms with Gasteiger partial charge in [-0.05, 0) is 115 Å². The summed E-state index contributed by atoms with van der Waals surface area (Å²) in [5.74, 6) is -0.412. The molecule has 0 amide bonds. The van der Waals surface area contributed by atoms with Crippen molar-refractivity contribution in [3.8, 4) is 0 Å². The van der Waals surface area contributed by atoms with Crippen LogP contribution in [0.3, 0.4) is 0 Å². The second-order valence-electron chi connectivity index (χ2n) is 12.7. The number of carbonyl (C=O) groups is 2. The molecule has 0 bridgehead atoms. The van der Waals surface area contributed by atoms with Crippen molar-refractivity contribution in [1.82, 2.24) is 0 Å². The maximum Gasteiger partial charge on any atom is 0.169 e. The Labute approximate surface area is 239 Å². The zero-order chi connectivity index (χ0) is 30.1. The highest BCUT2D eigenvalue weighted by molar-refractivity contribution is 6.14. The first-order valence-electron chi connectivity index (χ1n) is 14.4. The van der Waals surface area contributed by atoms with Crippen molar-refractivity contribution >= 4 is 11.6 Å². The fourth-order valence-corrected chi connectivity index (χ4v) is 4.87. The third-order valence-corrected chi connectivity index (χ3v) is 7.74. The summed E-state index contributed by atoms with van der Waals surface area (Å²) in [6.07, 6.45) is 9.78. The van der Waals surface area contributed by atoms with E-state index in [1.807, 2.05) is 0 Å². The highest BCUT2D eigenvalue weighted by Crippen LogP contribution is 2.48. The molecule has 0 aromatic carbocycles. The molecule has 216 valence electrons. The topological polar surface area (TPSA) is 54.4 Å². The van der Waals surface area contributed by atoms with Crippen LogP contribution in [0.4, 0.5) is 0 Å². The average Bonchev–Trinajstić information content (AvgIpc) is 2.80. The molecule has 0 saturated heterocycles. The second kappa shape index (κ2) is 15.2. The summed E-state index contributed by atoms with van der Waals surface area (Å²) in [5, 5.41) is 12.1. The summed E-state index contributed by atoms with van der Waals surface area (Å²) in [6, 6.07) is 0. The summed E-state index contributed by atoms with van der Waals surface area (Å²) in [4.78, 5) is 27.3. The summed E-state index contributed by atoms with van der Waals surface area (Å²) in [6.45, 7) is 24.9. The van der Waals surface area contributed by atoms with Gasteiger partial charge in [-0.1, -0.05) is 68.4 Å². The van der Waals surface area contributed by atoms with E-state index >= 15 is 0 Å². The lowest BCUT2D eigenvalue weighted by Crippen LogP contribution is -2.41. The first kappa shape index (κ1) is 34.3. The molecule has 3 nitrogen and oxygen atoms in total. The second-order valence-corrected chi connectivity index (χ2v) is 12.7. The SMILES string of the molecule is CC(C)=CCC(CC1=C(O)C(CC(CC=C(C)C)=C(C)C)(CC(CC=C(C)C)=C(C)C)C(=O)CC1=O)=C(C)C. The van der Waals surface area contributed by atoms with E-state index in [9.17, 15) is 14.7 Å². The van der Waals surface area contributed by atoms with Gasteiger partial charge >= 0.3 is 0 Å². The Morgan fingerprint density at radius 1 is 0.641 bits per heavy atom. The van der Waals surface area contributed by atoms with Crippen molar-refractivity contribution in [2.75, 3.05) is 0 Å². The van der Waals surface area contributed by atoms with Gasteiger partial charge in [0.2, 0.25) is 0 Å². The van der Waals surface area contributed by atoms with Gasteiger partial charge < -0.3 is 5.11 Å². The molecular weight excluding hydrogens is 480 g/mol. The molecule has 0 radical (unpaired) electrons. The number of aliphatic hydroxyl groups is 1. The number of carbonyl (C=O) groups excluding carboxylic acids is 2. The van der Waals surface area contributed by atoms with Gasteiger partial charge in [-0.2, -0.15) is 0 Å². The molecular formula is C36H54O3. The van der Waals surface area contributed by atoms with E-state index in [1.54, 1.807) is 0 Å². The number of aliphatic hydroxyl groups excluding tert-OH is 1. The fraction of sp³-hybridized carbons (Fsp3) is 0.556. The predicted octanol–water partition coefficient (Wildman–Crippen LogP) is 10.6. The largest absolute Gasteiger partial charge is 0.511 e. The molecule has 0 aromatic heterocycles. The van der Waals surface area contributed by atoms with Crippen molar-refractivity contribution in [2.24, 2.45) is 5.41 Å². The molecule has 1 rings (SSSR count). The van der Waals surface area contributed by atoms with Crippen LogP contribution in [-0.4, -0.2) is 16.7 Å². The molecule has 0 unspecified atom stereocenters. The Morgan fingerprint density at radius 2 is 1.00 bits per heavy atom. The fourth-order valence-electron chi connectivity index (χ4n) is 4.87. The Kier molecular flexibility index (Phi) is 13.4. The molecule has 0 atom stereocenters. The minimum atomic E-state index is -1.14. The maximum absolute atomic E-state index is 14.0. The Bertz CT molecular complexity index is 1100. The van der Waals surface area contributed by atoms with Gasteiger partial charge in [-0.15, -0.1) is 0 Å². The van der Waals surface area contributed by atoms with Crippen molar-refractivity contribution in [3.63, 3.8) is 0 Å². The minimum absolute atomic E-state index is 0.00778. The van der Waals surface area contributed by atoms with E-state index in [0.29, 0.717) is 24.8 Å². The molecule has 1 aliphatic carbocycles. The maximum atomic E-state index is 14.0. The van der Waals surface area contributed by atoms with Crippen LogP contribution in [0.5, 0.6) is 0 Å². The smallest absolute Gasteiger partial charge is 0.169 e. The Balaban J connectivity index is 3.92. The van der Waals surface area contributed by atoms with E-state index in [-0.39, 0.29) is 23.7 Å². The Morgan fingerprint density at radius 3 is 1.33 bits per heavy atom. The van der Waals surface area contributed by atoms with E-state index in [2.05, 4.69) is 101 Å². The van der Waals surface area contributed by atoms with Gasteiger partial charge in [0, 0.05) is 12.0 Å². The van der Waals surface area contributed by atoms with Crippen LogP contribution in [0.15, 0.2) is 79.7 Å². The van der Waals surface area contributed by atoms with Gasteiger partial charge in [-0.25, -0.2) is 0 Å². The van der Waals surface area contributed by atoms with Crippen LogP contribution in [0, 0.1) is 5.41 Å². The molecule has 3 heteroatoms. The molecule has 0 aromatic rings. The first-order chi connectivity index (χ1) is 18.0. The minimum Gasteiger partial charge on any atom is -0.511 e. The molecule has 0 spiro atoms. The summed E-state index contributed by atoms with van der Waals surface area (Å²) >= 11 is 0. The predicted molar refractivity (Wildman–Crippen MR) is 168 cm³/mol. The molecule has 1 N–H and O–H groups in total. The standard InChI is InChI=1S/C36H54O3/c1-23(2)13-16-29(26(7)8)19-32-33(37)20-34(38)36(35(32)39,21-30(27(9)10)17-14-24(3)4)22-31(28(11)12)18-15-25(5)6/h13-15,39H,16-22H2,1-12H3. The van der Waals surface area contributed by atoms with E-state index in [1.165, 1.54) is 16.7 Å². The normalized spacial score (nSPS) is 14.5. The van der Waals surface area contributed by atoms with Crippen molar-refractivity contribution in [2.45, 2.75) is 128 Å². The zero-order valence-electron chi connectivity index (χ0n) is 26.9. The number of hydrogen-bond acceptors (Lipinski definition) is 3. The number of ketones is 2. The lowest BCUT2D eigenvalue weighted by Gasteiger charge is -2.38. The van der Waals surface area contributed by atoms with Gasteiger partial charge in [0.15, 0.2) is 11.6 Å². The molecule has 0 saturated carbocycles. The van der Waals surface area contributed by atoms with Gasteiger partial charge in [-0.3, -0.25) is 9.59 Å². The summed E-state index contributed by atoms with van der Waals surface area (Å²) < 4.78 is 0. The molecule has 0 fully saturated rings. The van der Waals surface area contributed by atoms with Crippen molar-refractivity contribution in [1.29, 1.82) is 0 Å². The highest BCUT2D eigenvalue weighted by Gasteiger charge is 2.49. The van der Waals surface area contributed by atoms with Crippen molar-refractivity contribution in [3.05, 3.63) is 79.7 Å². The molecule has 39 heavy (non-hydrogen) atoms. The zero-order valence-corrected chi connectivity index (χ0v) is 26.9. The van der Waals surface area contributed by atoms with E-state index < -0.39 is 5.41 Å². The number of hydrogen-bond donors (Lipinski definition) is 1. The monoisotopic (exact) mass is 534 g/mol. The molecule has 1 aliphatic rings. The lowest BCUT2D eigenvalue weighted by molar-refractivity contribution is -0.134. The average molecular weight is 535 g/mol. The van der Waals surface area contributed by atoms with E-state index in [0.717, 1.165) is 52.7 Å². The third kappa shape index (κ3) is 10.1. The summed E-state index contributed by atoms with van der Waals surface area (Å²) in [7, 11) is 0. The van der Waals surface area contributed by atoms with Gasteiger partial charge in [0.1, 0.15) is 5.76 Å². The number of rotatable bonds is 12. The molecule has 0 heterocycles. The number of Topliss-reactive ketones (excluding diaryl/α,β-unsaturated/α-hetero) is 2. The highest BCUT2D eigenvalue weighted by atomic mass is 16.3. The van der Waals surface area contributed by atoms with Crippen LogP contribution in [0.1, 0.15) is 128 Å². The van der Waals surface area contributed by atoms with Gasteiger partial charge in [0.05, 0.1) is 11.8 Å².